The topological polar surface area (TPSA) is 17.0 Å². The molecule has 2 nitrogen and oxygen atoms in total. The molecule has 0 bridgehead atoms. The van der Waals surface area contributed by atoms with Crippen LogP contribution in [0.15, 0.2) is 18.3 Å². The van der Waals surface area contributed by atoms with Crippen LogP contribution in [0, 0.1) is 0 Å². The minimum absolute atomic E-state index is 0.746. The summed E-state index contributed by atoms with van der Waals surface area (Å²) in [7, 11) is 0. The summed E-state index contributed by atoms with van der Waals surface area (Å²) >= 11 is 0. The van der Waals surface area contributed by atoms with Gasteiger partial charge in [0.25, 0.3) is 0 Å². The molecule has 1 fully saturated rings. The van der Waals surface area contributed by atoms with E-state index in [2.05, 4.69) is 35.1 Å². The molecule has 0 atom stereocenters. The van der Waals surface area contributed by atoms with Crippen LogP contribution in [0.2, 0.25) is 0 Å². The van der Waals surface area contributed by atoms with Gasteiger partial charge in [0.2, 0.25) is 0 Å². The summed E-state index contributed by atoms with van der Waals surface area (Å²) in [6, 6.07) is 5.13. The van der Waals surface area contributed by atoms with Crippen molar-refractivity contribution < 1.29 is 0 Å². The molecule has 1 saturated carbocycles. The molecule has 1 aliphatic rings. The monoisotopic (exact) mass is 234 g/mol. The maximum Gasteiger partial charge on any atom is 0.0361 e. The van der Waals surface area contributed by atoms with Gasteiger partial charge in [-0.05, 0) is 31.9 Å². The van der Waals surface area contributed by atoms with Crippen molar-refractivity contribution in [1.29, 1.82) is 0 Å². The molecular weight excluding hydrogens is 208 g/mol. The van der Waals surface area contributed by atoms with Crippen molar-refractivity contribution in [2.24, 2.45) is 0 Å². The van der Waals surface area contributed by atoms with E-state index in [1.54, 1.807) is 0 Å². The number of nitrogens with one attached hydrogen (secondary N) is 1. The normalized spacial score (nSPS) is 18.9. The summed E-state index contributed by atoms with van der Waals surface area (Å²) in [5.74, 6) is 0. The van der Waals surface area contributed by atoms with Crippen LogP contribution in [-0.4, -0.2) is 10.6 Å². The lowest BCUT2D eigenvalue weighted by atomic mass is 9.97. The van der Waals surface area contributed by atoms with Crippen LogP contribution in [0.5, 0.6) is 0 Å². The van der Waals surface area contributed by atoms with Gasteiger partial charge in [-0.3, -0.25) is 0 Å². The van der Waals surface area contributed by atoms with Crippen LogP contribution >= 0.6 is 0 Å². The number of aryl methyl sites for hydroxylation is 1. The minimum Gasteiger partial charge on any atom is -0.351 e. The second-order valence-corrected chi connectivity index (χ2v) is 5.21. The van der Waals surface area contributed by atoms with Crippen LogP contribution < -0.4 is 5.32 Å². The number of aromatic nitrogens is 1. The molecule has 0 aromatic carbocycles. The van der Waals surface area contributed by atoms with Gasteiger partial charge in [-0.15, -0.1) is 0 Å². The van der Waals surface area contributed by atoms with Gasteiger partial charge in [-0.25, -0.2) is 0 Å². The Hall–Kier alpha value is -0.760. The van der Waals surface area contributed by atoms with E-state index in [0.717, 1.165) is 19.1 Å². The molecule has 96 valence electrons. The van der Waals surface area contributed by atoms with Gasteiger partial charge in [0.15, 0.2) is 0 Å². The van der Waals surface area contributed by atoms with Gasteiger partial charge in [0.1, 0.15) is 0 Å². The Balaban J connectivity index is 1.79. The van der Waals surface area contributed by atoms with Gasteiger partial charge in [-0.1, -0.05) is 32.1 Å². The van der Waals surface area contributed by atoms with Gasteiger partial charge in [-0.2, -0.15) is 0 Å². The molecule has 0 radical (unpaired) electrons. The Morgan fingerprint density at radius 3 is 2.59 bits per heavy atom. The van der Waals surface area contributed by atoms with Crippen molar-refractivity contribution in [3.05, 3.63) is 24.0 Å². The molecule has 0 unspecified atom stereocenters. The highest BCUT2D eigenvalue weighted by molar-refractivity contribution is 5.06. The summed E-state index contributed by atoms with van der Waals surface area (Å²) < 4.78 is 2.33. The Labute approximate surface area is 105 Å². The summed E-state index contributed by atoms with van der Waals surface area (Å²) in [6.07, 6.45) is 12.0. The van der Waals surface area contributed by atoms with Crippen molar-refractivity contribution in [3.63, 3.8) is 0 Å². The quantitative estimate of drug-likeness (QED) is 0.840. The van der Waals surface area contributed by atoms with E-state index in [0.29, 0.717) is 0 Å². The molecule has 0 spiro atoms. The number of hydrogen-bond acceptors (Lipinski definition) is 1. The van der Waals surface area contributed by atoms with E-state index < -0.39 is 0 Å². The average molecular weight is 234 g/mol. The molecule has 1 aliphatic carbocycles. The van der Waals surface area contributed by atoms with Crippen LogP contribution in [0.4, 0.5) is 0 Å². The van der Waals surface area contributed by atoms with E-state index in [4.69, 9.17) is 0 Å². The van der Waals surface area contributed by atoms with E-state index in [1.807, 2.05) is 0 Å². The minimum atomic E-state index is 0.746. The third-order valence-electron chi connectivity index (χ3n) is 3.94. The second kappa shape index (κ2) is 6.85. The summed E-state index contributed by atoms with van der Waals surface area (Å²) in [4.78, 5) is 0. The van der Waals surface area contributed by atoms with Crippen molar-refractivity contribution >= 4 is 0 Å². The summed E-state index contributed by atoms with van der Waals surface area (Å²) in [5, 5.41) is 3.75. The maximum atomic E-state index is 3.75. The van der Waals surface area contributed by atoms with Crippen molar-refractivity contribution in [1.82, 2.24) is 9.88 Å². The molecule has 1 aromatic rings. The fourth-order valence-corrected chi connectivity index (χ4v) is 2.83. The first-order valence-corrected chi connectivity index (χ1v) is 7.27. The third kappa shape index (κ3) is 3.88. The summed E-state index contributed by atoms with van der Waals surface area (Å²) in [6.45, 7) is 4.32. The fourth-order valence-electron chi connectivity index (χ4n) is 2.83. The Morgan fingerprint density at radius 1 is 1.18 bits per heavy atom. The summed E-state index contributed by atoms with van der Waals surface area (Å²) in [5.41, 5.74) is 1.43. The van der Waals surface area contributed by atoms with Gasteiger partial charge >= 0.3 is 0 Å². The molecule has 2 heteroatoms. The standard InChI is InChI=1S/C15H26N2/c1-2-17-12-8-11-15(17)13-16-14-9-6-4-3-5-7-10-14/h8,11-12,14,16H,2-7,9-10,13H2,1H3. The lowest BCUT2D eigenvalue weighted by molar-refractivity contribution is 0.385. The Kier molecular flexibility index (Phi) is 5.11. The maximum absolute atomic E-state index is 3.75. The average Bonchev–Trinajstić information content (AvgIpc) is 2.75. The zero-order valence-electron chi connectivity index (χ0n) is 11.1. The second-order valence-electron chi connectivity index (χ2n) is 5.21. The van der Waals surface area contributed by atoms with E-state index in [-0.39, 0.29) is 0 Å². The van der Waals surface area contributed by atoms with Crippen molar-refractivity contribution in [2.45, 2.75) is 71.0 Å². The smallest absolute Gasteiger partial charge is 0.0361 e. The molecule has 1 aromatic heterocycles. The predicted molar refractivity (Wildman–Crippen MR) is 73.1 cm³/mol. The van der Waals surface area contributed by atoms with E-state index in [1.165, 1.54) is 50.6 Å². The highest BCUT2D eigenvalue weighted by Crippen LogP contribution is 2.17. The predicted octanol–water partition coefficient (Wildman–Crippen LogP) is 3.71. The van der Waals surface area contributed by atoms with Crippen LogP contribution in [0.25, 0.3) is 0 Å². The lowest BCUT2D eigenvalue weighted by Crippen LogP contribution is -2.30. The molecule has 1 N–H and O–H groups in total. The van der Waals surface area contributed by atoms with Crippen LogP contribution in [0.3, 0.4) is 0 Å². The van der Waals surface area contributed by atoms with Crippen LogP contribution in [-0.2, 0) is 13.1 Å². The first kappa shape index (κ1) is 12.7. The number of nitrogens with zero attached hydrogens (tertiary/aromatic N) is 1. The first-order chi connectivity index (χ1) is 8.40. The zero-order chi connectivity index (χ0) is 11.9. The fraction of sp³-hybridized carbons (Fsp3) is 0.733. The molecule has 0 amide bonds. The molecule has 1 heterocycles. The van der Waals surface area contributed by atoms with E-state index >= 15 is 0 Å². The highest BCUT2D eigenvalue weighted by atomic mass is 15.0. The molecular formula is C15H26N2. The van der Waals surface area contributed by atoms with Crippen molar-refractivity contribution in [3.8, 4) is 0 Å². The number of rotatable bonds is 4. The Morgan fingerprint density at radius 2 is 1.88 bits per heavy atom. The molecule has 0 saturated heterocycles. The Bertz CT molecular complexity index is 308. The zero-order valence-corrected chi connectivity index (χ0v) is 11.1. The largest absolute Gasteiger partial charge is 0.351 e. The molecule has 0 aliphatic heterocycles. The van der Waals surface area contributed by atoms with E-state index in [9.17, 15) is 0 Å². The highest BCUT2D eigenvalue weighted by Gasteiger charge is 2.11. The van der Waals surface area contributed by atoms with Crippen LogP contribution in [0.1, 0.15) is 57.6 Å². The first-order valence-electron chi connectivity index (χ1n) is 7.27. The SMILES string of the molecule is CCn1cccc1CNC1CCCCCCC1. The van der Waals surface area contributed by atoms with Gasteiger partial charge in [0, 0.05) is 31.0 Å². The number of hydrogen-bond donors (Lipinski definition) is 1. The van der Waals surface area contributed by atoms with Gasteiger partial charge in [0.05, 0.1) is 0 Å². The molecule has 17 heavy (non-hydrogen) atoms. The van der Waals surface area contributed by atoms with Gasteiger partial charge < -0.3 is 9.88 Å². The van der Waals surface area contributed by atoms with Crippen molar-refractivity contribution in [2.75, 3.05) is 0 Å². The lowest BCUT2D eigenvalue weighted by Gasteiger charge is -2.21. The third-order valence-corrected chi connectivity index (χ3v) is 3.94. The molecule has 2 rings (SSSR count).